The van der Waals surface area contributed by atoms with Gasteiger partial charge in [-0.3, -0.25) is 0 Å². The molecule has 1 saturated carbocycles. The van der Waals surface area contributed by atoms with Crippen molar-refractivity contribution in [3.05, 3.63) is 35.3 Å². The summed E-state index contributed by atoms with van der Waals surface area (Å²) in [4.78, 5) is 4.27. The average molecular weight is 411 g/mol. The van der Waals surface area contributed by atoms with Crippen molar-refractivity contribution in [3.63, 3.8) is 0 Å². The number of hydrogen-bond donors (Lipinski definition) is 3. The fourth-order valence-corrected chi connectivity index (χ4v) is 5.04. The van der Waals surface area contributed by atoms with E-state index in [4.69, 9.17) is 9.26 Å². The van der Waals surface area contributed by atoms with Crippen LogP contribution in [0.5, 0.6) is 5.88 Å². The van der Waals surface area contributed by atoms with Crippen LogP contribution in [0.2, 0.25) is 0 Å². The van der Waals surface area contributed by atoms with Crippen molar-refractivity contribution >= 4 is 10.0 Å². The molecule has 3 rings (SSSR count). The summed E-state index contributed by atoms with van der Waals surface area (Å²) < 4.78 is 38.7. The molecule has 28 heavy (non-hydrogen) atoms. The average Bonchev–Trinajstić information content (AvgIpc) is 3.11. The minimum Gasteiger partial charge on any atom is -0.477 e. The first-order valence-electron chi connectivity index (χ1n) is 8.97. The van der Waals surface area contributed by atoms with Gasteiger partial charge in [-0.1, -0.05) is 11.2 Å². The maximum Gasteiger partial charge on any atom is 0.245 e. The second kappa shape index (κ2) is 7.78. The Labute approximate surface area is 163 Å². The Morgan fingerprint density at radius 2 is 1.93 bits per heavy atom. The standard InChI is InChI=1S/C18H25N3O6S/c1-11-5-4-6-16(20-11)26-10-18(7-14(22)15(23)8-18)9-19-28(24,25)17-12(2)21-27-13(17)3/h4-6,14-15,19,22-23H,7-10H2,1-3H3. The molecular weight excluding hydrogens is 386 g/mol. The minimum absolute atomic E-state index is 0.00279. The van der Waals surface area contributed by atoms with Gasteiger partial charge < -0.3 is 19.5 Å². The molecule has 0 amide bonds. The monoisotopic (exact) mass is 411 g/mol. The number of aromatic nitrogens is 2. The molecular formula is C18H25N3O6S. The number of nitrogens with one attached hydrogen (secondary N) is 1. The lowest BCUT2D eigenvalue weighted by Crippen LogP contribution is -2.40. The summed E-state index contributed by atoms with van der Waals surface area (Å²) in [7, 11) is -3.87. The van der Waals surface area contributed by atoms with Crippen molar-refractivity contribution in [2.75, 3.05) is 13.2 Å². The highest BCUT2D eigenvalue weighted by molar-refractivity contribution is 7.89. The molecule has 0 bridgehead atoms. The molecule has 0 aromatic carbocycles. The predicted molar refractivity (Wildman–Crippen MR) is 99.3 cm³/mol. The van der Waals surface area contributed by atoms with Crippen LogP contribution in [-0.2, 0) is 10.0 Å². The highest BCUT2D eigenvalue weighted by Crippen LogP contribution is 2.39. The van der Waals surface area contributed by atoms with Crippen molar-refractivity contribution in [2.24, 2.45) is 5.41 Å². The van der Waals surface area contributed by atoms with E-state index in [0.717, 1.165) is 5.69 Å². The lowest BCUT2D eigenvalue weighted by atomic mass is 9.87. The molecule has 10 heteroatoms. The van der Waals surface area contributed by atoms with Gasteiger partial charge >= 0.3 is 0 Å². The van der Waals surface area contributed by atoms with Gasteiger partial charge in [0.1, 0.15) is 10.6 Å². The van der Waals surface area contributed by atoms with Crippen LogP contribution in [0, 0.1) is 26.2 Å². The van der Waals surface area contributed by atoms with E-state index < -0.39 is 27.6 Å². The molecule has 0 spiro atoms. The molecule has 2 atom stereocenters. The third-order valence-electron chi connectivity index (χ3n) is 4.99. The molecule has 2 aromatic heterocycles. The summed E-state index contributed by atoms with van der Waals surface area (Å²) in [6.45, 7) is 5.00. The third-order valence-corrected chi connectivity index (χ3v) is 6.64. The largest absolute Gasteiger partial charge is 0.477 e. The Morgan fingerprint density at radius 1 is 1.25 bits per heavy atom. The number of rotatable bonds is 7. The number of sulfonamides is 1. The molecule has 1 aliphatic rings. The third kappa shape index (κ3) is 4.35. The predicted octanol–water partition coefficient (Wildman–Crippen LogP) is 0.854. The lowest BCUT2D eigenvalue weighted by Gasteiger charge is -2.29. The van der Waals surface area contributed by atoms with E-state index in [0.29, 0.717) is 5.88 Å². The van der Waals surface area contributed by atoms with E-state index in [1.54, 1.807) is 13.0 Å². The number of hydrogen-bond acceptors (Lipinski definition) is 8. The molecule has 2 aromatic rings. The SMILES string of the molecule is Cc1cccc(OCC2(CNS(=O)(=O)c3c(C)noc3C)CC(O)C(O)C2)n1. The van der Waals surface area contributed by atoms with E-state index in [1.165, 1.54) is 6.92 Å². The highest BCUT2D eigenvalue weighted by Gasteiger charge is 2.45. The van der Waals surface area contributed by atoms with Gasteiger partial charge in [0.25, 0.3) is 0 Å². The number of aliphatic hydroxyl groups is 2. The highest BCUT2D eigenvalue weighted by atomic mass is 32.2. The Morgan fingerprint density at radius 3 is 2.50 bits per heavy atom. The van der Waals surface area contributed by atoms with Crippen LogP contribution in [-0.4, -0.2) is 54.1 Å². The van der Waals surface area contributed by atoms with Crippen LogP contribution in [0.15, 0.2) is 27.6 Å². The summed E-state index contributed by atoms with van der Waals surface area (Å²) in [5, 5.41) is 23.8. The van der Waals surface area contributed by atoms with Gasteiger partial charge in [0, 0.05) is 23.7 Å². The first kappa shape index (κ1) is 20.7. The van der Waals surface area contributed by atoms with Crippen molar-refractivity contribution in [1.82, 2.24) is 14.9 Å². The van der Waals surface area contributed by atoms with Gasteiger partial charge in [-0.05, 0) is 39.7 Å². The first-order valence-corrected chi connectivity index (χ1v) is 10.5. The van der Waals surface area contributed by atoms with Crippen molar-refractivity contribution in [1.29, 1.82) is 0 Å². The normalized spacial score (nSPS) is 25.2. The zero-order valence-electron chi connectivity index (χ0n) is 16.0. The summed E-state index contributed by atoms with van der Waals surface area (Å²) >= 11 is 0. The first-order chi connectivity index (χ1) is 13.1. The molecule has 2 unspecified atom stereocenters. The van der Waals surface area contributed by atoms with Crippen molar-refractivity contribution in [2.45, 2.75) is 50.7 Å². The van der Waals surface area contributed by atoms with E-state index in [1.807, 2.05) is 19.1 Å². The van der Waals surface area contributed by atoms with Gasteiger partial charge in [0.15, 0.2) is 5.76 Å². The molecule has 0 radical (unpaired) electrons. The molecule has 154 valence electrons. The topological polar surface area (TPSA) is 135 Å². The molecule has 9 nitrogen and oxygen atoms in total. The van der Waals surface area contributed by atoms with Gasteiger partial charge in [-0.25, -0.2) is 18.1 Å². The minimum atomic E-state index is -3.87. The Hall–Kier alpha value is -2.01. The molecule has 1 fully saturated rings. The summed E-state index contributed by atoms with van der Waals surface area (Å²) in [5.41, 5.74) is 0.277. The van der Waals surface area contributed by atoms with Crippen LogP contribution in [0.4, 0.5) is 0 Å². The maximum absolute atomic E-state index is 12.7. The molecule has 3 N–H and O–H groups in total. The smallest absolute Gasteiger partial charge is 0.245 e. The van der Waals surface area contributed by atoms with Gasteiger partial charge in [-0.2, -0.15) is 0 Å². The molecule has 0 saturated heterocycles. The van der Waals surface area contributed by atoms with Crippen LogP contribution in [0.25, 0.3) is 0 Å². The van der Waals surface area contributed by atoms with Crippen LogP contribution >= 0.6 is 0 Å². The van der Waals surface area contributed by atoms with E-state index in [-0.39, 0.29) is 42.3 Å². The Balaban J connectivity index is 1.77. The molecule has 0 aliphatic heterocycles. The fraction of sp³-hybridized carbons (Fsp3) is 0.556. The number of ether oxygens (including phenoxy) is 1. The zero-order chi connectivity index (χ0) is 20.5. The Kier molecular flexibility index (Phi) is 5.76. The maximum atomic E-state index is 12.7. The Bertz CT molecular complexity index is 913. The summed E-state index contributed by atoms with van der Waals surface area (Å²) in [6.07, 6.45) is -1.50. The number of pyridine rings is 1. The van der Waals surface area contributed by atoms with Crippen molar-refractivity contribution in [3.8, 4) is 5.88 Å². The summed E-state index contributed by atoms with van der Waals surface area (Å²) in [5.74, 6) is 0.606. The summed E-state index contributed by atoms with van der Waals surface area (Å²) in [6, 6.07) is 5.35. The van der Waals surface area contributed by atoms with Crippen LogP contribution in [0.1, 0.15) is 30.0 Å². The lowest BCUT2D eigenvalue weighted by molar-refractivity contribution is 0.0438. The van der Waals surface area contributed by atoms with Crippen molar-refractivity contribution < 1.29 is 27.9 Å². The zero-order valence-corrected chi connectivity index (χ0v) is 16.9. The fourth-order valence-electron chi connectivity index (χ4n) is 3.56. The molecule has 1 aliphatic carbocycles. The van der Waals surface area contributed by atoms with Gasteiger partial charge in [0.05, 0.1) is 18.8 Å². The second-order valence-electron chi connectivity index (χ2n) is 7.43. The quantitative estimate of drug-likeness (QED) is 0.610. The van der Waals surface area contributed by atoms with Crippen LogP contribution < -0.4 is 9.46 Å². The molecule has 2 heterocycles. The number of aryl methyl sites for hydroxylation is 3. The number of nitrogens with zero attached hydrogens (tertiary/aromatic N) is 2. The van der Waals surface area contributed by atoms with E-state index in [9.17, 15) is 18.6 Å². The van der Waals surface area contributed by atoms with E-state index >= 15 is 0 Å². The van der Waals surface area contributed by atoms with E-state index in [2.05, 4.69) is 14.9 Å². The van der Waals surface area contributed by atoms with Gasteiger partial charge in [0.2, 0.25) is 15.9 Å². The number of aliphatic hydroxyl groups excluding tert-OH is 2. The van der Waals surface area contributed by atoms with Crippen LogP contribution in [0.3, 0.4) is 0 Å². The van der Waals surface area contributed by atoms with Gasteiger partial charge in [-0.15, -0.1) is 0 Å². The second-order valence-corrected chi connectivity index (χ2v) is 9.13.